The molecule has 208 valence electrons. The quantitative estimate of drug-likeness (QED) is 0.548. The van der Waals surface area contributed by atoms with Gasteiger partial charge in [0.05, 0.1) is 18.4 Å². The summed E-state index contributed by atoms with van der Waals surface area (Å²) >= 11 is 0. The highest BCUT2D eigenvalue weighted by Crippen LogP contribution is 2.22. The smallest absolute Gasteiger partial charge is 0.410 e. The Morgan fingerprint density at radius 1 is 1.11 bits per heavy atom. The lowest BCUT2D eigenvalue weighted by Crippen LogP contribution is -2.44. The third kappa shape index (κ3) is 7.66. The average molecular weight is 527 g/mol. The van der Waals surface area contributed by atoms with Crippen LogP contribution in [0, 0.1) is 0 Å². The number of likely N-dealkylation sites (tertiary alicyclic amines) is 2. The van der Waals surface area contributed by atoms with Gasteiger partial charge in [0, 0.05) is 44.7 Å². The summed E-state index contributed by atoms with van der Waals surface area (Å²) in [5.41, 5.74) is 1.76. The minimum atomic E-state index is -0.301. The molecule has 0 spiro atoms. The number of hydrogen-bond donors (Lipinski definition) is 1. The lowest BCUT2D eigenvalue weighted by atomic mass is 10.1. The third-order valence-corrected chi connectivity index (χ3v) is 6.82. The monoisotopic (exact) mass is 526 g/mol. The molecule has 38 heavy (non-hydrogen) atoms. The summed E-state index contributed by atoms with van der Waals surface area (Å²) in [7, 11) is 3.91. The largest absolute Gasteiger partial charge is 0.444 e. The molecule has 5 rings (SSSR count). The molecule has 4 heterocycles. The molecular formula is C27H42N8O3. The molecule has 1 N–H and O–H groups in total. The lowest BCUT2D eigenvalue weighted by Gasteiger charge is -2.32. The third-order valence-electron chi connectivity index (χ3n) is 6.82. The Balaban J connectivity index is 0.00000105. The number of imidazole rings is 1. The van der Waals surface area contributed by atoms with E-state index in [0.29, 0.717) is 50.9 Å². The van der Waals surface area contributed by atoms with Crippen molar-refractivity contribution < 1.29 is 14.3 Å². The van der Waals surface area contributed by atoms with Crippen LogP contribution in [0.3, 0.4) is 0 Å². The highest BCUT2D eigenvalue weighted by Gasteiger charge is 2.31. The van der Waals surface area contributed by atoms with Crippen molar-refractivity contribution in [2.75, 3.05) is 52.1 Å². The number of carbonyl (C=O) groups excluding carboxylic acids is 2. The maximum absolute atomic E-state index is 12.7. The second-order valence-electron chi connectivity index (χ2n) is 10.9. The molecular weight excluding hydrogens is 484 g/mol. The normalized spacial score (nSPS) is 19.8. The van der Waals surface area contributed by atoms with Crippen molar-refractivity contribution in [1.82, 2.24) is 34.3 Å². The fraction of sp³-hybridized carbons (Fsp3) is 0.667. The number of nitrogens with zero attached hydrogens (tertiary/aromatic N) is 7. The number of fused-ring (bicyclic) bond motifs is 1. The first-order chi connectivity index (χ1) is 18.3. The van der Waals surface area contributed by atoms with E-state index in [9.17, 15) is 9.59 Å². The summed E-state index contributed by atoms with van der Waals surface area (Å²) in [5, 5.41) is 7.83. The standard InChI is InChI=1S/C24H36N8O3.C3H6/c1-17(2)20-14-25-23-22(26-16-27-32(20)23)28-18-7-11-30(12-8-18)24(34)35-19-9-13-31(15-19)21(33)6-5-10-29(3)4;1-2-3-1/h5-6,14,16-19H,7-13,15H2,1-4H3,(H,26,27,28);1-3H2. The predicted molar refractivity (Wildman–Crippen MR) is 146 cm³/mol. The molecule has 0 aromatic carbocycles. The van der Waals surface area contributed by atoms with Crippen LogP contribution in [0.2, 0.25) is 0 Å². The first-order valence-corrected chi connectivity index (χ1v) is 13.8. The Kier molecular flexibility index (Phi) is 9.54. The molecule has 1 unspecified atom stereocenters. The van der Waals surface area contributed by atoms with Gasteiger partial charge in [0.15, 0.2) is 11.5 Å². The highest BCUT2D eigenvalue weighted by molar-refractivity contribution is 5.87. The Bertz CT molecular complexity index is 1100. The number of hydrogen-bond acceptors (Lipinski definition) is 8. The number of anilines is 1. The van der Waals surface area contributed by atoms with Crippen molar-refractivity contribution in [1.29, 1.82) is 0 Å². The van der Waals surface area contributed by atoms with E-state index >= 15 is 0 Å². The SMILES string of the molecule is C1CC1.CC(C)c1cnc2c(NC3CCN(C(=O)OC4CCN(C(=O)C=CCN(C)C)C4)CC3)ncnn12. The van der Waals surface area contributed by atoms with Gasteiger partial charge in [-0.05, 0) is 32.9 Å². The van der Waals surface area contributed by atoms with Crippen molar-refractivity contribution >= 4 is 23.5 Å². The molecule has 3 aliphatic rings. The molecule has 1 saturated carbocycles. The van der Waals surface area contributed by atoms with Gasteiger partial charge >= 0.3 is 6.09 Å². The van der Waals surface area contributed by atoms with Crippen molar-refractivity contribution in [3.63, 3.8) is 0 Å². The zero-order valence-electron chi connectivity index (χ0n) is 23.2. The number of carbonyl (C=O) groups is 2. The lowest BCUT2D eigenvalue weighted by molar-refractivity contribution is -0.125. The van der Waals surface area contributed by atoms with Crippen LogP contribution in [0.25, 0.3) is 5.65 Å². The van der Waals surface area contributed by atoms with E-state index in [1.807, 2.05) is 35.8 Å². The first kappa shape index (κ1) is 27.8. The van der Waals surface area contributed by atoms with E-state index in [2.05, 4.69) is 34.2 Å². The van der Waals surface area contributed by atoms with E-state index < -0.39 is 0 Å². The van der Waals surface area contributed by atoms with E-state index in [1.54, 1.807) is 22.2 Å². The predicted octanol–water partition coefficient (Wildman–Crippen LogP) is 3.15. The van der Waals surface area contributed by atoms with E-state index in [-0.39, 0.29) is 24.1 Å². The topological polar surface area (TPSA) is 108 Å². The Morgan fingerprint density at radius 3 is 2.47 bits per heavy atom. The summed E-state index contributed by atoms with van der Waals surface area (Å²) < 4.78 is 7.55. The molecule has 11 nitrogen and oxygen atoms in total. The Hall–Kier alpha value is -3.21. The van der Waals surface area contributed by atoms with Gasteiger partial charge in [-0.2, -0.15) is 5.10 Å². The maximum atomic E-state index is 12.7. The van der Waals surface area contributed by atoms with Crippen LogP contribution < -0.4 is 5.32 Å². The zero-order chi connectivity index (χ0) is 27.1. The summed E-state index contributed by atoms with van der Waals surface area (Å²) in [6.07, 6.45) is 13.0. The van der Waals surface area contributed by atoms with Crippen LogP contribution in [0.1, 0.15) is 64.0 Å². The van der Waals surface area contributed by atoms with Crippen LogP contribution in [-0.4, -0.2) is 105 Å². The number of likely N-dealkylation sites (N-methyl/N-ethyl adjacent to an activating group) is 1. The van der Waals surface area contributed by atoms with Gasteiger partial charge in [0.2, 0.25) is 5.91 Å². The van der Waals surface area contributed by atoms with Gasteiger partial charge in [-0.1, -0.05) is 39.2 Å². The molecule has 11 heteroatoms. The number of rotatable bonds is 7. The molecule has 0 bridgehead atoms. The molecule has 2 amide bonds. The van der Waals surface area contributed by atoms with Crippen LogP contribution in [-0.2, 0) is 9.53 Å². The fourth-order valence-corrected chi connectivity index (χ4v) is 4.44. The number of amides is 2. The van der Waals surface area contributed by atoms with Crippen molar-refractivity contribution in [3.05, 3.63) is 30.4 Å². The average Bonchev–Trinajstić information content (AvgIpc) is 3.59. The molecule has 1 aliphatic carbocycles. The second kappa shape index (κ2) is 13.0. The minimum Gasteiger partial charge on any atom is -0.444 e. The molecule has 0 radical (unpaired) electrons. The first-order valence-electron chi connectivity index (χ1n) is 13.8. The van der Waals surface area contributed by atoms with Gasteiger partial charge in [-0.15, -0.1) is 0 Å². The number of nitrogens with one attached hydrogen (secondary N) is 1. The second-order valence-corrected chi connectivity index (χ2v) is 10.9. The fourth-order valence-electron chi connectivity index (χ4n) is 4.44. The molecule has 1 atom stereocenters. The van der Waals surface area contributed by atoms with Gasteiger partial charge < -0.3 is 24.8 Å². The van der Waals surface area contributed by atoms with E-state index in [4.69, 9.17) is 4.74 Å². The van der Waals surface area contributed by atoms with Crippen molar-refractivity contribution in [2.45, 2.75) is 70.4 Å². The summed E-state index contributed by atoms with van der Waals surface area (Å²) in [4.78, 5) is 39.4. The highest BCUT2D eigenvalue weighted by atomic mass is 16.6. The van der Waals surface area contributed by atoms with Gasteiger partial charge in [-0.25, -0.2) is 19.3 Å². The minimum absolute atomic E-state index is 0.0332. The summed E-state index contributed by atoms with van der Waals surface area (Å²) in [6, 6.07) is 0.186. The van der Waals surface area contributed by atoms with Crippen LogP contribution >= 0.6 is 0 Å². The Morgan fingerprint density at radius 2 is 1.82 bits per heavy atom. The zero-order valence-corrected chi connectivity index (χ0v) is 23.2. The van der Waals surface area contributed by atoms with Crippen LogP contribution in [0.4, 0.5) is 10.6 Å². The number of aromatic nitrogens is 4. The van der Waals surface area contributed by atoms with Gasteiger partial charge in [0.1, 0.15) is 12.4 Å². The number of ether oxygens (including phenoxy) is 1. The van der Waals surface area contributed by atoms with E-state index in [0.717, 1.165) is 24.2 Å². The van der Waals surface area contributed by atoms with Gasteiger partial charge in [0.25, 0.3) is 0 Å². The van der Waals surface area contributed by atoms with Crippen molar-refractivity contribution in [2.24, 2.45) is 0 Å². The molecule has 2 saturated heterocycles. The molecule has 3 fully saturated rings. The maximum Gasteiger partial charge on any atom is 0.410 e. The van der Waals surface area contributed by atoms with Crippen LogP contribution in [0.5, 0.6) is 0 Å². The molecule has 2 aromatic heterocycles. The molecule has 2 aromatic rings. The number of piperidine rings is 1. The summed E-state index contributed by atoms with van der Waals surface area (Å²) in [5.74, 6) is 0.990. The Labute approximate surface area is 225 Å². The van der Waals surface area contributed by atoms with Gasteiger partial charge in [-0.3, -0.25) is 4.79 Å². The van der Waals surface area contributed by atoms with Crippen LogP contribution in [0.15, 0.2) is 24.7 Å². The van der Waals surface area contributed by atoms with E-state index in [1.165, 1.54) is 19.3 Å². The summed E-state index contributed by atoms with van der Waals surface area (Å²) in [6.45, 7) is 7.19. The van der Waals surface area contributed by atoms with Crippen molar-refractivity contribution in [3.8, 4) is 0 Å². The molecule has 2 aliphatic heterocycles.